The zero-order chi connectivity index (χ0) is 26.9. The normalized spacial score (nSPS) is 17.1. The molecule has 1 aliphatic carbocycles. The van der Waals surface area contributed by atoms with Crippen LogP contribution in [0.3, 0.4) is 0 Å². The molecule has 3 aromatic carbocycles. The Labute approximate surface area is 224 Å². The number of benzene rings is 3. The maximum atomic E-state index is 13.6. The van der Waals surface area contributed by atoms with Gasteiger partial charge in [-0.3, -0.25) is 13.9 Å². The highest BCUT2D eigenvalue weighted by atomic mass is 32.2. The summed E-state index contributed by atoms with van der Waals surface area (Å²) in [7, 11) is -3.67. The van der Waals surface area contributed by atoms with E-state index in [0.29, 0.717) is 23.5 Å². The lowest BCUT2D eigenvalue weighted by molar-refractivity contribution is -0.141. The van der Waals surface area contributed by atoms with Crippen molar-refractivity contribution in [3.63, 3.8) is 0 Å². The number of aryl methyl sites for hydroxylation is 1. The van der Waals surface area contributed by atoms with E-state index < -0.39 is 16.1 Å². The summed E-state index contributed by atoms with van der Waals surface area (Å²) in [5.74, 6) is -0.294. The van der Waals surface area contributed by atoms with Crippen LogP contribution in [0.1, 0.15) is 56.6 Å². The standard InChI is InChI=1S/C30H35N3O4S/c1-21-10-3-4-11-24(21)20-32(22(2)30(35)31-25-14-5-6-15-25)28(34)18-9-19-33-26-16-7-12-23-13-8-17-27(29(23)26)38(33,36)37/h3-4,7-8,10-13,16-17,22,25H,5-6,9,14-15,18-20H2,1-2H3,(H,31,35)/t22-/m0/s1. The van der Waals surface area contributed by atoms with E-state index >= 15 is 0 Å². The van der Waals surface area contributed by atoms with Crippen LogP contribution in [0.15, 0.2) is 65.6 Å². The van der Waals surface area contributed by atoms with E-state index in [4.69, 9.17) is 0 Å². The molecule has 1 atom stereocenters. The molecule has 2 amide bonds. The summed E-state index contributed by atoms with van der Waals surface area (Å²) in [6.07, 6.45) is 4.67. The lowest BCUT2D eigenvalue weighted by Gasteiger charge is -2.30. The first-order chi connectivity index (χ1) is 18.3. The molecule has 7 nitrogen and oxygen atoms in total. The van der Waals surface area contributed by atoms with Gasteiger partial charge in [0, 0.05) is 30.9 Å². The minimum Gasteiger partial charge on any atom is -0.352 e. The summed E-state index contributed by atoms with van der Waals surface area (Å²) in [4.78, 5) is 28.6. The van der Waals surface area contributed by atoms with Crippen molar-refractivity contribution < 1.29 is 18.0 Å². The second kappa shape index (κ2) is 10.8. The minimum absolute atomic E-state index is 0.136. The summed E-state index contributed by atoms with van der Waals surface area (Å²) in [5.41, 5.74) is 2.71. The van der Waals surface area contributed by atoms with E-state index in [1.54, 1.807) is 24.0 Å². The SMILES string of the molecule is Cc1ccccc1CN(C(=O)CCCN1c2cccc3cccc(c23)S1(=O)=O)[C@@H](C)C(=O)NC1CCCC1. The zero-order valence-corrected chi connectivity index (χ0v) is 22.8. The number of rotatable bonds is 9. The Morgan fingerprint density at radius 3 is 2.47 bits per heavy atom. The molecular weight excluding hydrogens is 498 g/mol. The first kappa shape index (κ1) is 26.2. The summed E-state index contributed by atoms with van der Waals surface area (Å²) >= 11 is 0. The van der Waals surface area contributed by atoms with Crippen molar-refractivity contribution in [1.82, 2.24) is 10.2 Å². The van der Waals surface area contributed by atoms with E-state index in [1.807, 2.05) is 55.5 Å². The molecule has 1 aliphatic heterocycles. The topological polar surface area (TPSA) is 86.8 Å². The van der Waals surface area contributed by atoms with Crippen LogP contribution in [0.2, 0.25) is 0 Å². The molecule has 0 spiro atoms. The van der Waals surface area contributed by atoms with Crippen LogP contribution in [0.25, 0.3) is 10.8 Å². The first-order valence-electron chi connectivity index (χ1n) is 13.5. The van der Waals surface area contributed by atoms with Crippen LogP contribution in [0, 0.1) is 6.92 Å². The summed E-state index contributed by atoms with van der Waals surface area (Å²) in [6, 6.07) is 18.3. The molecule has 200 valence electrons. The highest BCUT2D eigenvalue weighted by Gasteiger charge is 2.35. The molecule has 5 rings (SSSR count). The van der Waals surface area contributed by atoms with E-state index in [2.05, 4.69) is 5.32 Å². The summed E-state index contributed by atoms with van der Waals surface area (Å²) in [6.45, 7) is 4.31. The van der Waals surface area contributed by atoms with Crippen molar-refractivity contribution in [2.75, 3.05) is 10.8 Å². The third kappa shape index (κ3) is 5.01. The number of carbonyl (C=O) groups is 2. The Balaban J connectivity index is 1.30. The van der Waals surface area contributed by atoms with E-state index in [-0.39, 0.29) is 30.8 Å². The molecule has 0 saturated heterocycles. The molecule has 1 saturated carbocycles. The quantitative estimate of drug-likeness (QED) is 0.423. The number of carbonyl (C=O) groups excluding carboxylic acids is 2. The molecule has 1 N–H and O–H groups in total. The van der Waals surface area contributed by atoms with Crippen molar-refractivity contribution in [3.05, 3.63) is 71.8 Å². The van der Waals surface area contributed by atoms with Crippen molar-refractivity contribution in [1.29, 1.82) is 0 Å². The second-order valence-corrected chi connectivity index (χ2v) is 12.3. The Bertz CT molecular complexity index is 1460. The number of amides is 2. The van der Waals surface area contributed by atoms with Gasteiger partial charge in [0.2, 0.25) is 11.8 Å². The van der Waals surface area contributed by atoms with Gasteiger partial charge in [0.1, 0.15) is 6.04 Å². The molecule has 1 heterocycles. The van der Waals surface area contributed by atoms with Gasteiger partial charge in [-0.1, -0.05) is 61.4 Å². The minimum atomic E-state index is -3.67. The average molecular weight is 534 g/mol. The van der Waals surface area contributed by atoms with Gasteiger partial charge >= 0.3 is 0 Å². The van der Waals surface area contributed by atoms with E-state index in [9.17, 15) is 18.0 Å². The molecular formula is C30H35N3O4S. The van der Waals surface area contributed by atoms with Gasteiger partial charge < -0.3 is 10.2 Å². The Morgan fingerprint density at radius 2 is 1.74 bits per heavy atom. The zero-order valence-electron chi connectivity index (χ0n) is 22.0. The maximum absolute atomic E-state index is 13.6. The van der Waals surface area contributed by atoms with Crippen molar-refractivity contribution in [2.45, 2.75) is 75.9 Å². The predicted octanol–water partition coefficient (Wildman–Crippen LogP) is 4.91. The Kier molecular flexibility index (Phi) is 7.43. The fraction of sp³-hybridized carbons (Fsp3) is 0.400. The molecule has 0 aromatic heterocycles. The molecule has 0 unspecified atom stereocenters. The lowest BCUT2D eigenvalue weighted by atomic mass is 10.1. The second-order valence-electron chi connectivity index (χ2n) is 10.4. The van der Waals surface area contributed by atoms with E-state index in [1.165, 1.54) is 4.31 Å². The number of hydrogen-bond donors (Lipinski definition) is 1. The highest BCUT2D eigenvalue weighted by Crippen LogP contribution is 2.42. The number of nitrogens with zero attached hydrogens (tertiary/aromatic N) is 2. The van der Waals surface area contributed by atoms with E-state index in [0.717, 1.165) is 47.6 Å². The van der Waals surface area contributed by atoms with Gasteiger partial charge in [-0.2, -0.15) is 0 Å². The van der Waals surface area contributed by atoms with Crippen LogP contribution in [0.5, 0.6) is 0 Å². The van der Waals surface area contributed by atoms with Crippen molar-refractivity contribution >= 4 is 38.3 Å². The number of anilines is 1. The van der Waals surface area contributed by atoms with Crippen LogP contribution < -0.4 is 9.62 Å². The Hall–Kier alpha value is -3.39. The van der Waals surface area contributed by atoms with Crippen LogP contribution in [-0.2, 0) is 26.2 Å². The van der Waals surface area contributed by atoms with Gasteiger partial charge in [-0.25, -0.2) is 8.42 Å². The van der Waals surface area contributed by atoms with Gasteiger partial charge in [0.25, 0.3) is 10.0 Å². The van der Waals surface area contributed by atoms with Gasteiger partial charge in [-0.05, 0) is 61.8 Å². The van der Waals surface area contributed by atoms with Crippen molar-refractivity contribution in [3.8, 4) is 0 Å². The molecule has 1 fully saturated rings. The summed E-state index contributed by atoms with van der Waals surface area (Å²) in [5, 5.41) is 4.75. The fourth-order valence-corrected chi connectivity index (χ4v) is 7.41. The molecule has 2 aliphatic rings. The third-order valence-electron chi connectivity index (χ3n) is 7.90. The number of hydrogen-bond acceptors (Lipinski definition) is 4. The van der Waals surface area contributed by atoms with Crippen LogP contribution in [0.4, 0.5) is 5.69 Å². The maximum Gasteiger partial charge on any atom is 0.265 e. The molecule has 0 bridgehead atoms. The molecule has 0 radical (unpaired) electrons. The highest BCUT2D eigenvalue weighted by molar-refractivity contribution is 7.93. The van der Waals surface area contributed by atoms with Crippen molar-refractivity contribution in [2.24, 2.45) is 0 Å². The van der Waals surface area contributed by atoms with Gasteiger partial charge in [-0.15, -0.1) is 0 Å². The fourth-order valence-electron chi connectivity index (χ4n) is 5.66. The molecule has 8 heteroatoms. The number of nitrogens with one attached hydrogen (secondary N) is 1. The average Bonchev–Trinajstić information content (AvgIpc) is 3.49. The van der Waals surface area contributed by atoms with Gasteiger partial charge in [0.15, 0.2) is 0 Å². The first-order valence-corrected chi connectivity index (χ1v) is 14.9. The van der Waals surface area contributed by atoms with Gasteiger partial charge in [0.05, 0.1) is 10.6 Å². The monoisotopic (exact) mass is 533 g/mol. The van der Waals surface area contributed by atoms with Crippen LogP contribution in [-0.4, -0.2) is 43.8 Å². The molecule has 38 heavy (non-hydrogen) atoms. The summed E-state index contributed by atoms with van der Waals surface area (Å²) < 4.78 is 28.0. The number of sulfonamides is 1. The van der Waals surface area contributed by atoms with Crippen LogP contribution >= 0.6 is 0 Å². The third-order valence-corrected chi connectivity index (χ3v) is 9.76. The predicted molar refractivity (Wildman–Crippen MR) is 149 cm³/mol. The lowest BCUT2D eigenvalue weighted by Crippen LogP contribution is -2.49. The largest absolute Gasteiger partial charge is 0.352 e. The Morgan fingerprint density at radius 1 is 1.03 bits per heavy atom. The molecule has 3 aromatic rings. The smallest absolute Gasteiger partial charge is 0.265 e.